The number of halogens is 1. The molecule has 0 aliphatic heterocycles. The van der Waals surface area contributed by atoms with Crippen LogP contribution in [0.25, 0.3) is 22.2 Å². The number of rotatable bonds is 6. The zero-order chi connectivity index (χ0) is 23.4. The van der Waals surface area contributed by atoms with Crippen molar-refractivity contribution in [1.29, 1.82) is 5.26 Å². The summed E-state index contributed by atoms with van der Waals surface area (Å²) in [5, 5.41) is 12.7. The molecule has 4 aromatic rings. The number of hydrogen-bond donors (Lipinski definition) is 2. The van der Waals surface area contributed by atoms with Gasteiger partial charge in [-0.05, 0) is 30.3 Å². The molecule has 1 aromatic carbocycles. The number of ether oxygens (including phenoxy) is 1. The van der Waals surface area contributed by atoms with Gasteiger partial charge in [0.05, 0.1) is 29.6 Å². The summed E-state index contributed by atoms with van der Waals surface area (Å²) < 4.78 is 19.1. The van der Waals surface area contributed by atoms with Crippen LogP contribution in [-0.4, -0.2) is 39.6 Å². The Morgan fingerprint density at radius 2 is 2.09 bits per heavy atom. The lowest BCUT2D eigenvalue weighted by atomic mass is 9.96. The molecule has 4 rings (SSSR count). The van der Waals surface area contributed by atoms with Crippen molar-refractivity contribution in [3.63, 3.8) is 0 Å². The number of anilines is 2. The monoisotopic (exact) mass is 443 g/mol. The van der Waals surface area contributed by atoms with Gasteiger partial charge in [0.1, 0.15) is 35.4 Å². The van der Waals surface area contributed by atoms with E-state index in [4.69, 9.17) is 10.5 Å². The molecule has 3 N–H and O–H groups in total. The normalized spacial score (nSPS) is 10.6. The van der Waals surface area contributed by atoms with E-state index in [1.165, 1.54) is 31.6 Å². The van der Waals surface area contributed by atoms with Crippen LogP contribution in [0.2, 0.25) is 0 Å². The third-order valence-electron chi connectivity index (χ3n) is 4.98. The van der Waals surface area contributed by atoms with Crippen LogP contribution in [-0.2, 0) is 11.2 Å². The summed E-state index contributed by atoms with van der Waals surface area (Å²) >= 11 is 0. The maximum atomic E-state index is 14.1. The molecule has 3 heterocycles. The van der Waals surface area contributed by atoms with Gasteiger partial charge in [-0.15, -0.1) is 0 Å². The summed E-state index contributed by atoms with van der Waals surface area (Å²) in [6, 6.07) is 11.3. The van der Waals surface area contributed by atoms with Crippen LogP contribution in [0.1, 0.15) is 21.6 Å². The van der Waals surface area contributed by atoms with Gasteiger partial charge in [-0.3, -0.25) is 9.97 Å². The Bertz CT molecular complexity index is 1390. The number of benzene rings is 1. The molecule has 0 saturated heterocycles. The third-order valence-corrected chi connectivity index (χ3v) is 4.98. The molecule has 0 unspecified atom stereocenters. The van der Waals surface area contributed by atoms with Gasteiger partial charge in [-0.2, -0.15) is 5.26 Å². The topological polar surface area (TPSA) is 140 Å². The van der Waals surface area contributed by atoms with E-state index in [2.05, 4.69) is 25.3 Å². The predicted molar refractivity (Wildman–Crippen MR) is 120 cm³/mol. The average molecular weight is 443 g/mol. The van der Waals surface area contributed by atoms with Crippen molar-refractivity contribution in [3.05, 3.63) is 71.6 Å². The number of nitrogens with one attached hydrogen (secondary N) is 1. The van der Waals surface area contributed by atoms with Crippen molar-refractivity contribution in [3.8, 4) is 17.3 Å². The molecular weight excluding hydrogens is 425 g/mol. The molecule has 0 spiro atoms. The van der Waals surface area contributed by atoms with Gasteiger partial charge in [-0.25, -0.2) is 19.2 Å². The smallest absolute Gasteiger partial charge is 0.339 e. The average Bonchev–Trinajstić information content (AvgIpc) is 2.83. The fraction of sp³-hybridized carbons (Fsp3) is 0.130. The fourth-order valence-corrected chi connectivity index (χ4v) is 3.51. The van der Waals surface area contributed by atoms with Gasteiger partial charge < -0.3 is 15.8 Å². The lowest BCUT2D eigenvalue weighted by Gasteiger charge is -2.16. The first-order valence-electron chi connectivity index (χ1n) is 9.89. The molecule has 164 valence electrons. The molecule has 0 saturated carbocycles. The first-order valence-corrected chi connectivity index (χ1v) is 9.89. The van der Waals surface area contributed by atoms with Crippen molar-refractivity contribution in [2.45, 2.75) is 6.42 Å². The number of nitrogens with zero attached hydrogens (tertiary/aromatic N) is 5. The highest BCUT2D eigenvalue weighted by Gasteiger charge is 2.23. The van der Waals surface area contributed by atoms with Crippen molar-refractivity contribution < 1.29 is 13.9 Å². The molecule has 0 aliphatic carbocycles. The minimum Gasteiger partial charge on any atom is -0.465 e. The van der Waals surface area contributed by atoms with Crippen LogP contribution in [0.4, 0.5) is 16.0 Å². The molecule has 10 heteroatoms. The summed E-state index contributed by atoms with van der Waals surface area (Å²) in [5.41, 5.74) is 7.99. The summed E-state index contributed by atoms with van der Waals surface area (Å²) in [5.74, 6) is -0.761. The predicted octanol–water partition coefficient (Wildman–Crippen LogP) is 3.12. The summed E-state index contributed by atoms with van der Waals surface area (Å²) in [6.45, 7) is 0.311. The number of carbonyl (C=O) groups is 1. The number of nitriles is 1. The zero-order valence-electron chi connectivity index (χ0n) is 17.5. The molecule has 0 atom stereocenters. The Hall–Kier alpha value is -4.65. The van der Waals surface area contributed by atoms with E-state index in [1.807, 2.05) is 6.07 Å². The van der Waals surface area contributed by atoms with Crippen molar-refractivity contribution in [2.75, 3.05) is 24.7 Å². The SMILES string of the molecule is COC(=O)c1c(-c2ccccn2)c(CCNc2ncnc(N)c2C#N)nc2ccc(F)cc12. The molecular formula is C23H18FN7O2. The van der Waals surface area contributed by atoms with Crippen molar-refractivity contribution in [1.82, 2.24) is 19.9 Å². The third kappa shape index (κ3) is 4.24. The van der Waals surface area contributed by atoms with E-state index in [0.29, 0.717) is 46.6 Å². The number of methoxy groups -OCH3 is 1. The van der Waals surface area contributed by atoms with Crippen LogP contribution in [0.15, 0.2) is 48.9 Å². The van der Waals surface area contributed by atoms with Crippen LogP contribution in [0.5, 0.6) is 0 Å². The Balaban J connectivity index is 1.82. The summed E-state index contributed by atoms with van der Waals surface area (Å²) in [6.07, 6.45) is 3.19. The van der Waals surface area contributed by atoms with Gasteiger partial charge in [-0.1, -0.05) is 6.07 Å². The highest BCUT2D eigenvalue weighted by atomic mass is 19.1. The largest absolute Gasteiger partial charge is 0.465 e. The molecule has 3 aromatic heterocycles. The maximum Gasteiger partial charge on any atom is 0.339 e. The second kappa shape index (κ2) is 9.23. The van der Waals surface area contributed by atoms with E-state index >= 15 is 0 Å². The minimum atomic E-state index is -0.627. The zero-order valence-corrected chi connectivity index (χ0v) is 17.5. The number of esters is 1. The minimum absolute atomic E-state index is 0.0722. The Labute approximate surface area is 188 Å². The molecule has 9 nitrogen and oxygen atoms in total. The Morgan fingerprint density at radius 3 is 2.82 bits per heavy atom. The Morgan fingerprint density at radius 1 is 1.24 bits per heavy atom. The van der Waals surface area contributed by atoms with Crippen LogP contribution < -0.4 is 11.1 Å². The second-order valence-electron chi connectivity index (χ2n) is 6.95. The number of hydrogen-bond acceptors (Lipinski definition) is 9. The number of nitrogen functional groups attached to an aromatic ring is 1. The van der Waals surface area contributed by atoms with Crippen LogP contribution in [0.3, 0.4) is 0 Å². The second-order valence-corrected chi connectivity index (χ2v) is 6.95. The first kappa shape index (κ1) is 21.6. The summed E-state index contributed by atoms with van der Waals surface area (Å²) in [7, 11) is 1.26. The highest BCUT2D eigenvalue weighted by Crippen LogP contribution is 2.32. The van der Waals surface area contributed by atoms with Crippen molar-refractivity contribution >= 4 is 28.5 Å². The number of aromatic nitrogens is 4. The number of carbonyl (C=O) groups excluding carboxylic acids is 1. The van der Waals surface area contributed by atoms with Gasteiger partial charge in [0, 0.05) is 30.1 Å². The number of pyridine rings is 2. The number of fused-ring (bicyclic) bond motifs is 1. The van der Waals surface area contributed by atoms with Gasteiger partial charge in [0.15, 0.2) is 0 Å². The lowest BCUT2D eigenvalue weighted by Crippen LogP contribution is -2.14. The molecule has 0 aliphatic rings. The number of nitrogens with two attached hydrogens (primary N) is 1. The van der Waals surface area contributed by atoms with E-state index in [0.717, 1.165) is 0 Å². The van der Waals surface area contributed by atoms with Crippen LogP contribution in [0, 0.1) is 17.1 Å². The van der Waals surface area contributed by atoms with Crippen molar-refractivity contribution in [2.24, 2.45) is 0 Å². The van der Waals surface area contributed by atoms with Gasteiger partial charge >= 0.3 is 5.97 Å². The Kier molecular flexibility index (Phi) is 6.04. The molecule has 33 heavy (non-hydrogen) atoms. The molecule has 0 bridgehead atoms. The van der Waals surface area contributed by atoms with E-state index in [1.54, 1.807) is 24.4 Å². The maximum absolute atomic E-state index is 14.1. The lowest BCUT2D eigenvalue weighted by molar-refractivity contribution is 0.0603. The van der Waals surface area contributed by atoms with E-state index in [9.17, 15) is 14.4 Å². The van der Waals surface area contributed by atoms with E-state index in [-0.39, 0.29) is 16.9 Å². The molecule has 0 amide bonds. The fourth-order valence-electron chi connectivity index (χ4n) is 3.51. The first-order chi connectivity index (χ1) is 16.0. The summed E-state index contributed by atoms with van der Waals surface area (Å²) in [4.78, 5) is 29.8. The van der Waals surface area contributed by atoms with E-state index < -0.39 is 11.8 Å². The van der Waals surface area contributed by atoms with Gasteiger partial charge in [0.25, 0.3) is 0 Å². The standard InChI is InChI=1S/C23H18FN7O2/c1-33-23(32)19-14-10-13(24)5-6-16(14)31-18(20(19)17-4-2-3-8-27-17)7-9-28-22-15(11-25)21(26)29-12-30-22/h2-6,8,10,12H,7,9H2,1H3,(H3,26,28,29,30). The molecule has 0 fully saturated rings. The van der Waals surface area contributed by atoms with Crippen LogP contribution >= 0.6 is 0 Å². The van der Waals surface area contributed by atoms with Gasteiger partial charge in [0.2, 0.25) is 0 Å². The molecule has 0 radical (unpaired) electrons. The quantitative estimate of drug-likeness (QED) is 0.430. The highest BCUT2D eigenvalue weighted by molar-refractivity contribution is 6.09.